The number of amides is 1. The highest BCUT2D eigenvalue weighted by molar-refractivity contribution is 8.00. The van der Waals surface area contributed by atoms with Crippen molar-refractivity contribution in [2.24, 2.45) is 0 Å². The first-order valence-electron chi connectivity index (χ1n) is 10.4. The van der Waals surface area contributed by atoms with Crippen molar-refractivity contribution in [2.45, 2.75) is 60.6 Å². The summed E-state index contributed by atoms with van der Waals surface area (Å²) >= 11 is 1.27. The Morgan fingerprint density at radius 2 is 2.00 bits per heavy atom. The summed E-state index contributed by atoms with van der Waals surface area (Å²) in [6.45, 7) is 4.21. The minimum Gasteiger partial charge on any atom is -0.376 e. The first-order valence-corrected chi connectivity index (χ1v) is 12.7. The highest BCUT2D eigenvalue weighted by Gasteiger charge is 2.27. The van der Waals surface area contributed by atoms with Gasteiger partial charge in [-0.25, -0.2) is 13.1 Å². The molecule has 2 atom stereocenters. The molecule has 0 spiro atoms. The zero-order valence-electron chi connectivity index (χ0n) is 17.3. The number of thioether (sulfide) groups is 1. The molecule has 0 unspecified atom stereocenters. The number of sulfonamides is 1. The molecule has 2 aliphatic rings. The number of anilines is 1. The van der Waals surface area contributed by atoms with Crippen molar-refractivity contribution in [3.8, 4) is 0 Å². The number of nitrogens with zero attached hydrogens (tertiary/aromatic N) is 5. The summed E-state index contributed by atoms with van der Waals surface area (Å²) < 4.78 is 34.0. The van der Waals surface area contributed by atoms with Crippen LogP contribution in [0.15, 0.2) is 34.3 Å². The molecule has 2 aliphatic heterocycles. The van der Waals surface area contributed by atoms with E-state index in [0.29, 0.717) is 30.5 Å². The number of carbonyl (C=O) groups is 1. The second-order valence-corrected chi connectivity index (χ2v) is 10.9. The fourth-order valence-corrected chi connectivity index (χ4v) is 5.94. The summed E-state index contributed by atoms with van der Waals surface area (Å²) in [7, 11) is -3.47. The molecule has 0 aliphatic carbocycles. The Hall–Kier alpha value is -2.02. The van der Waals surface area contributed by atoms with E-state index in [-0.39, 0.29) is 16.9 Å². The third kappa shape index (κ3) is 5.25. The van der Waals surface area contributed by atoms with Gasteiger partial charge in [-0.1, -0.05) is 11.8 Å². The fraction of sp³-hybridized carbons (Fsp3) is 0.579. The number of ether oxygens (including phenoxy) is 1. The molecule has 0 radical (unpaired) electrons. The molecule has 10 nitrogen and oxygen atoms in total. The Bertz CT molecular complexity index is 999. The second-order valence-electron chi connectivity index (χ2n) is 7.66. The Balaban J connectivity index is 1.34. The number of rotatable bonds is 8. The SMILES string of the molecule is C[C@H](Sc1nnnn1C[C@H]1CCCO1)C(=O)Nc1ccc(S(=O)(=O)N2CCCC2)cc1. The molecule has 1 aromatic carbocycles. The highest BCUT2D eigenvalue weighted by Crippen LogP contribution is 2.25. The fourth-order valence-electron chi connectivity index (χ4n) is 3.62. The number of nitrogens with one attached hydrogen (secondary N) is 1. The van der Waals surface area contributed by atoms with Crippen LogP contribution in [0.3, 0.4) is 0 Å². The molecule has 12 heteroatoms. The van der Waals surface area contributed by atoms with Crippen LogP contribution < -0.4 is 5.32 Å². The Morgan fingerprint density at radius 3 is 2.68 bits per heavy atom. The maximum atomic E-state index is 12.6. The van der Waals surface area contributed by atoms with Gasteiger partial charge in [0.1, 0.15) is 0 Å². The largest absolute Gasteiger partial charge is 0.376 e. The maximum absolute atomic E-state index is 12.6. The number of hydrogen-bond acceptors (Lipinski definition) is 8. The Kier molecular flexibility index (Phi) is 6.89. The molecule has 2 fully saturated rings. The van der Waals surface area contributed by atoms with Crippen LogP contribution in [0.4, 0.5) is 5.69 Å². The quantitative estimate of drug-likeness (QED) is 0.585. The molecule has 0 saturated carbocycles. The summed E-state index contributed by atoms with van der Waals surface area (Å²) in [4.78, 5) is 12.9. The van der Waals surface area contributed by atoms with Gasteiger partial charge in [0, 0.05) is 25.4 Å². The van der Waals surface area contributed by atoms with E-state index < -0.39 is 15.3 Å². The van der Waals surface area contributed by atoms with E-state index in [1.54, 1.807) is 23.7 Å². The lowest BCUT2D eigenvalue weighted by Crippen LogP contribution is -2.28. The summed E-state index contributed by atoms with van der Waals surface area (Å²) in [5, 5.41) is 14.7. The van der Waals surface area contributed by atoms with Crippen molar-refractivity contribution in [1.82, 2.24) is 24.5 Å². The molecule has 4 rings (SSSR count). The van der Waals surface area contributed by atoms with Gasteiger partial charge in [-0.15, -0.1) is 5.10 Å². The molecular formula is C19H26N6O4S2. The predicted octanol–water partition coefficient (Wildman–Crippen LogP) is 1.76. The van der Waals surface area contributed by atoms with Crippen molar-refractivity contribution in [3.63, 3.8) is 0 Å². The molecule has 3 heterocycles. The lowest BCUT2D eigenvalue weighted by atomic mass is 10.2. The van der Waals surface area contributed by atoms with Crippen molar-refractivity contribution in [2.75, 3.05) is 25.0 Å². The number of tetrazole rings is 1. The molecule has 1 N–H and O–H groups in total. The molecular weight excluding hydrogens is 440 g/mol. The van der Waals surface area contributed by atoms with Crippen molar-refractivity contribution in [3.05, 3.63) is 24.3 Å². The smallest absolute Gasteiger partial charge is 0.243 e. The number of benzene rings is 1. The van der Waals surface area contributed by atoms with E-state index >= 15 is 0 Å². The average Bonchev–Trinajstić information content (AvgIpc) is 3.53. The van der Waals surface area contributed by atoms with E-state index in [2.05, 4.69) is 20.8 Å². The first kappa shape index (κ1) is 22.2. The van der Waals surface area contributed by atoms with Crippen LogP contribution in [-0.4, -0.2) is 69.9 Å². The van der Waals surface area contributed by atoms with Crippen LogP contribution >= 0.6 is 11.8 Å². The zero-order chi connectivity index (χ0) is 21.8. The zero-order valence-corrected chi connectivity index (χ0v) is 18.9. The van der Waals surface area contributed by atoms with Gasteiger partial charge >= 0.3 is 0 Å². The summed E-state index contributed by atoms with van der Waals surface area (Å²) in [6.07, 6.45) is 3.89. The third-order valence-electron chi connectivity index (χ3n) is 5.38. The Morgan fingerprint density at radius 1 is 1.26 bits per heavy atom. The van der Waals surface area contributed by atoms with E-state index in [1.165, 1.54) is 28.2 Å². The molecule has 1 amide bonds. The Labute approximate surface area is 185 Å². The normalized spacial score (nSPS) is 20.7. The molecule has 168 valence electrons. The number of aromatic nitrogens is 4. The highest BCUT2D eigenvalue weighted by atomic mass is 32.2. The van der Waals surface area contributed by atoms with Crippen molar-refractivity contribution >= 4 is 33.4 Å². The number of carbonyl (C=O) groups excluding carboxylic acids is 1. The van der Waals surface area contributed by atoms with Gasteiger partial charge in [-0.2, -0.15) is 4.31 Å². The predicted molar refractivity (Wildman–Crippen MR) is 115 cm³/mol. The molecule has 2 aromatic rings. The third-order valence-corrected chi connectivity index (χ3v) is 8.36. The van der Waals surface area contributed by atoms with Crippen LogP contribution in [0, 0.1) is 0 Å². The number of hydrogen-bond donors (Lipinski definition) is 1. The van der Waals surface area contributed by atoms with Gasteiger partial charge in [0.05, 0.1) is 22.8 Å². The van der Waals surface area contributed by atoms with Gasteiger partial charge in [0.25, 0.3) is 0 Å². The summed E-state index contributed by atoms with van der Waals surface area (Å²) in [5.74, 6) is -0.216. The van der Waals surface area contributed by atoms with Crippen LogP contribution in [0.2, 0.25) is 0 Å². The van der Waals surface area contributed by atoms with Crippen LogP contribution in [0.5, 0.6) is 0 Å². The van der Waals surface area contributed by atoms with Gasteiger partial charge in [-0.3, -0.25) is 4.79 Å². The monoisotopic (exact) mass is 466 g/mol. The average molecular weight is 467 g/mol. The molecule has 0 bridgehead atoms. The van der Waals surface area contributed by atoms with E-state index in [0.717, 1.165) is 32.3 Å². The van der Waals surface area contributed by atoms with Crippen LogP contribution in [0.1, 0.15) is 32.6 Å². The van der Waals surface area contributed by atoms with Crippen molar-refractivity contribution < 1.29 is 17.9 Å². The molecule has 1 aromatic heterocycles. The van der Waals surface area contributed by atoms with Gasteiger partial charge in [-0.05, 0) is 67.3 Å². The molecule has 31 heavy (non-hydrogen) atoms. The van der Waals surface area contributed by atoms with E-state index in [4.69, 9.17) is 4.74 Å². The van der Waals surface area contributed by atoms with Gasteiger partial charge in [0.15, 0.2) is 0 Å². The maximum Gasteiger partial charge on any atom is 0.243 e. The van der Waals surface area contributed by atoms with Crippen molar-refractivity contribution in [1.29, 1.82) is 0 Å². The lowest BCUT2D eigenvalue weighted by molar-refractivity contribution is -0.115. The van der Waals surface area contributed by atoms with Crippen LogP contribution in [-0.2, 0) is 26.1 Å². The standard InChI is InChI=1S/C19H26N6O4S2/c1-14(30-19-21-22-23-25(19)13-16-5-4-12-29-16)18(26)20-15-6-8-17(9-7-15)31(27,28)24-10-2-3-11-24/h6-9,14,16H,2-5,10-13H2,1H3,(H,20,26)/t14-,16+/m0/s1. The van der Waals surface area contributed by atoms with E-state index in [9.17, 15) is 13.2 Å². The molecule has 2 saturated heterocycles. The second kappa shape index (κ2) is 9.63. The van der Waals surface area contributed by atoms with Crippen LogP contribution in [0.25, 0.3) is 0 Å². The summed E-state index contributed by atoms with van der Waals surface area (Å²) in [5.41, 5.74) is 0.539. The van der Waals surface area contributed by atoms with Gasteiger partial charge in [0.2, 0.25) is 21.1 Å². The lowest BCUT2D eigenvalue weighted by Gasteiger charge is -2.16. The summed E-state index contributed by atoms with van der Waals surface area (Å²) in [6, 6.07) is 6.28. The van der Waals surface area contributed by atoms with Gasteiger partial charge < -0.3 is 10.1 Å². The topological polar surface area (TPSA) is 119 Å². The first-order chi connectivity index (χ1) is 14.9. The minimum atomic E-state index is -3.47. The van der Waals surface area contributed by atoms with E-state index in [1.807, 2.05) is 0 Å². The minimum absolute atomic E-state index is 0.0994.